The Bertz CT molecular complexity index is 129. The van der Waals surface area contributed by atoms with Gasteiger partial charge in [0.15, 0.2) is 0 Å². The van der Waals surface area contributed by atoms with Gasteiger partial charge in [0.2, 0.25) is 0 Å². The van der Waals surface area contributed by atoms with Gasteiger partial charge in [-0.25, -0.2) is 0 Å². The molecule has 0 aliphatic heterocycles. The fourth-order valence-electron chi connectivity index (χ4n) is 1.84. The molecule has 1 atom stereocenters. The molecule has 2 N–H and O–H groups in total. The molecule has 80 valence electrons. The molecule has 0 saturated carbocycles. The summed E-state index contributed by atoms with van der Waals surface area (Å²) in [6.45, 7) is 9.92. The Morgan fingerprint density at radius 3 is 1.38 bits per heavy atom. The van der Waals surface area contributed by atoms with Crippen LogP contribution in [0.15, 0.2) is 0 Å². The van der Waals surface area contributed by atoms with Crippen LogP contribution < -0.4 is 0 Å². The smallest absolute Gasteiger partial charge is 0.0907 e. The van der Waals surface area contributed by atoms with E-state index in [1.807, 2.05) is 0 Å². The van der Waals surface area contributed by atoms with Crippen LogP contribution in [-0.2, 0) is 0 Å². The van der Waals surface area contributed by atoms with Crippen molar-refractivity contribution in [1.29, 1.82) is 0 Å². The van der Waals surface area contributed by atoms with Crippen molar-refractivity contribution in [1.82, 2.24) is 0 Å². The Morgan fingerprint density at radius 1 is 0.923 bits per heavy atom. The van der Waals surface area contributed by atoms with Gasteiger partial charge < -0.3 is 10.2 Å². The Morgan fingerprint density at radius 2 is 1.23 bits per heavy atom. The predicted octanol–water partition coefficient (Wildman–Crippen LogP) is 2.19. The van der Waals surface area contributed by atoms with E-state index in [2.05, 4.69) is 27.7 Å². The Hall–Kier alpha value is -0.0800. The average Bonchev–Trinajstić information content (AvgIpc) is 1.82. The SMILES string of the molecule is CC(C)CC(O)(CC(C)C)C(C)O. The highest BCUT2D eigenvalue weighted by atomic mass is 16.3. The molecule has 0 rings (SSSR count). The van der Waals surface area contributed by atoms with Crippen molar-refractivity contribution in [2.24, 2.45) is 11.8 Å². The van der Waals surface area contributed by atoms with Gasteiger partial charge in [-0.05, 0) is 31.6 Å². The molecule has 1 unspecified atom stereocenters. The van der Waals surface area contributed by atoms with E-state index in [1.54, 1.807) is 6.92 Å². The van der Waals surface area contributed by atoms with Crippen LogP contribution in [0.5, 0.6) is 0 Å². The average molecular weight is 188 g/mol. The summed E-state index contributed by atoms with van der Waals surface area (Å²) in [6, 6.07) is 0. The molecular formula is C11H24O2. The molecule has 0 spiro atoms. The van der Waals surface area contributed by atoms with E-state index in [0.717, 1.165) is 0 Å². The van der Waals surface area contributed by atoms with Crippen LogP contribution in [0.4, 0.5) is 0 Å². The van der Waals surface area contributed by atoms with Crippen LogP contribution in [0.3, 0.4) is 0 Å². The minimum atomic E-state index is -0.900. The predicted molar refractivity (Wildman–Crippen MR) is 55.5 cm³/mol. The lowest BCUT2D eigenvalue weighted by molar-refractivity contribution is -0.0909. The van der Waals surface area contributed by atoms with Crippen LogP contribution >= 0.6 is 0 Å². The van der Waals surface area contributed by atoms with E-state index in [0.29, 0.717) is 24.7 Å². The van der Waals surface area contributed by atoms with Gasteiger partial charge in [-0.15, -0.1) is 0 Å². The minimum Gasteiger partial charge on any atom is -0.390 e. The fourth-order valence-corrected chi connectivity index (χ4v) is 1.84. The van der Waals surface area contributed by atoms with Crippen molar-refractivity contribution in [3.63, 3.8) is 0 Å². The van der Waals surface area contributed by atoms with Crippen LogP contribution in [0, 0.1) is 11.8 Å². The molecule has 0 aliphatic carbocycles. The summed E-state index contributed by atoms with van der Waals surface area (Å²) in [5, 5.41) is 19.7. The highest BCUT2D eigenvalue weighted by Crippen LogP contribution is 2.27. The van der Waals surface area contributed by atoms with Crippen LogP contribution in [-0.4, -0.2) is 21.9 Å². The van der Waals surface area contributed by atoms with Crippen molar-refractivity contribution >= 4 is 0 Å². The van der Waals surface area contributed by atoms with Gasteiger partial charge >= 0.3 is 0 Å². The molecule has 13 heavy (non-hydrogen) atoms. The molecular weight excluding hydrogens is 164 g/mol. The largest absolute Gasteiger partial charge is 0.390 e. The molecule has 2 nitrogen and oxygen atoms in total. The molecule has 0 amide bonds. The van der Waals surface area contributed by atoms with Gasteiger partial charge in [0, 0.05) is 0 Å². The van der Waals surface area contributed by atoms with Gasteiger partial charge in [0.25, 0.3) is 0 Å². The Labute approximate surface area is 82.0 Å². The van der Waals surface area contributed by atoms with Crippen molar-refractivity contribution in [3.8, 4) is 0 Å². The number of aliphatic hydroxyl groups excluding tert-OH is 1. The zero-order valence-corrected chi connectivity index (χ0v) is 9.54. The van der Waals surface area contributed by atoms with Gasteiger partial charge in [0.05, 0.1) is 11.7 Å². The van der Waals surface area contributed by atoms with E-state index >= 15 is 0 Å². The lowest BCUT2D eigenvalue weighted by atomic mass is 9.81. The third kappa shape index (κ3) is 4.63. The minimum absolute atomic E-state index is 0.415. The highest BCUT2D eigenvalue weighted by Gasteiger charge is 2.33. The maximum atomic E-state index is 10.2. The zero-order chi connectivity index (χ0) is 10.6. The molecule has 0 aliphatic rings. The van der Waals surface area contributed by atoms with E-state index in [9.17, 15) is 10.2 Å². The second-order valence-corrected chi connectivity index (χ2v) is 4.98. The van der Waals surface area contributed by atoms with Gasteiger partial charge in [-0.1, -0.05) is 27.7 Å². The van der Waals surface area contributed by atoms with Crippen molar-refractivity contribution in [2.45, 2.75) is 59.2 Å². The van der Waals surface area contributed by atoms with E-state index in [-0.39, 0.29) is 0 Å². The first kappa shape index (κ1) is 12.9. The van der Waals surface area contributed by atoms with E-state index in [1.165, 1.54) is 0 Å². The molecule has 0 radical (unpaired) electrons. The molecule has 0 aromatic carbocycles. The number of hydrogen-bond donors (Lipinski definition) is 2. The van der Waals surface area contributed by atoms with Crippen molar-refractivity contribution in [3.05, 3.63) is 0 Å². The summed E-state index contributed by atoms with van der Waals surface area (Å²) in [5.41, 5.74) is -0.900. The fraction of sp³-hybridized carbons (Fsp3) is 1.00. The maximum absolute atomic E-state index is 10.2. The number of hydrogen-bond acceptors (Lipinski definition) is 2. The van der Waals surface area contributed by atoms with Crippen LogP contribution in [0.25, 0.3) is 0 Å². The molecule has 0 bridgehead atoms. The topological polar surface area (TPSA) is 40.5 Å². The summed E-state index contributed by atoms with van der Waals surface area (Å²) < 4.78 is 0. The second kappa shape index (κ2) is 4.97. The van der Waals surface area contributed by atoms with Crippen molar-refractivity contribution in [2.75, 3.05) is 0 Å². The van der Waals surface area contributed by atoms with E-state index < -0.39 is 11.7 Å². The van der Waals surface area contributed by atoms with E-state index in [4.69, 9.17) is 0 Å². The second-order valence-electron chi connectivity index (χ2n) is 4.98. The normalized spacial score (nSPS) is 15.5. The molecule has 0 aromatic heterocycles. The van der Waals surface area contributed by atoms with Crippen LogP contribution in [0.2, 0.25) is 0 Å². The van der Waals surface area contributed by atoms with Gasteiger partial charge in [-0.2, -0.15) is 0 Å². The molecule has 2 heteroatoms. The highest BCUT2D eigenvalue weighted by molar-refractivity contribution is 4.85. The third-order valence-corrected chi connectivity index (χ3v) is 2.30. The third-order valence-electron chi connectivity index (χ3n) is 2.30. The molecule has 0 fully saturated rings. The first-order valence-corrected chi connectivity index (χ1v) is 5.18. The molecule has 0 heterocycles. The number of aliphatic hydroxyl groups is 2. The van der Waals surface area contributed by atoms with Gasteiger partial charge in [0.1, 0.15) is 0 Å². The lowest BCUT2D eigenvalue weighted by Crippen LogP contribution is -2.42. The summed E-state index contributed by atoms with van der Waals surface area (Å²) in [5.74, 6) is 0.830. The summed E-state index contributed by atoms with van der Waals surface area (Å²) in [7, 11) is 0. The summed E-state index contributed by atoms with van der Waals surface area (Å²) in [4.78, 5) is 0. The summed E-state index contributed by atoms with van der Waals surface area (Å²) in [6.07, 6.45) is 0.698. The molecule has 0 aromatic rings. The summed E-state index contributed by atoms with van der Waals surface area (Å²) >= 11 is 0. The lowest BCUT2D eigenvalue weighted by Gasteiger charge is -2.34. The van der Waals surface area contributed by atoms with Gasteiger partial charge in [-0.3, -0.25) is 0 Å². The monoisotopic (exact) mass is 188 g/mol. The first-order valence-electron chi connectivity index (χ1n) is 5.18. The Kier molecular flexibility index (Phi) is 4.93. The maximum Gasteiger partial charge on any atom is 0.0907 e. The zero-order valence-electron chi connectivity index (χ0n) is 9.54. The number of rotatable bonds is 5. The van der Waals surface area contributed by atoms with Crippen molar-refractivity contribution < 1.29 is 10.2 Å². The Balaban J connectivity index is 4.34. The molecule has 0 saturated heterocycles. The first-order chi connectivity index (χ1) is 5.78. The standard InChI is InChI=1S/C11H24O2/c1-8(2)6-11(13,10(5)12)7-9(3)4/h8-10,12-13H,6-7H2,1-5H3. The quantitative estimate of drug-likeness (QED) is 0.694. The van der Waals surface area contributed by atoms with Crippen LogP contribution in [0.1, 0.15) is 47.5 Å².